The molecule has 1 aromatic carbocycles. The van der Waals surface area contributed by atoms with Crippen LogP contribution in [-0.4, -0.2) is 27.9 Å². The molecule has 0 saturated heterocycles. The van der Waals surface area contributed by atoms with Crippen LogP contribution in [-0.2, 0) is 6.42 Å². The van der Waals surface area contributed by atoms with Crippen LogP contribution in [0.5, 0.6) is 0 Å². The number of aromatic nitrogens is 2. The molecule has 0 aliphatic carbocycles. The minimum Gasteiger partial charge on any atom is -0.382 e. The molecule has 0 spiro atoms. The van der Waals surface area contributed by atoms with E-state index in [4.69, 9.17) is 0 Å². The second-order valence-corrected chi connectivity index (χ2v) is 7.05. The average Bonchev–Trinajstić information content (AvgIpc) is 3.10. The molecule has 0 unspecified atom stereocenters. The Morgan fingerprint density at radius 1 is 1.21 bits per heavy atom. The van der Waals surface area contributed by atoms with E-state index in [-0.39, 0.29) is 12.3 Å². The molecule has 3 aromatic rings. The molecule has 2 aromatic heterocycles. The third-order valence-corrected chi connectivity index (χ3v) is 4.94. The van der Waals surface area contributed by atoms with Crippen LogP contribution in [0.25, 0.3) is 16.9 Å². The maximum atomic E-state index is 12.5. The summed E-state index contributed by atoms with van der Waals surface area (Å²) in [4.78, 5) is 16.5. The summed E-state index contributed by atoms with van der Waals surface area (Å²) in [6, 6.07) is 7.50. The minimum absolute atomic E-state index is 0.0941. The number of imidazole rings is 1. The van der Waals surface area contributed by atoms with E-state index in [1.54, 1.807) is 6.20 Å². The van der Waals surface area contributed by atoms with Gasteiger partial charge in [-0.25, -0.2) is 4.98 Å². The summed E-state index contributed by atoms with van der Waals surface area (Å²) >= 11 is 0. The van der Waals surface area contributed by atoms with Crippen molar-refractivity contribution in [3.05, 3.63) is 53.3 Å². The van der Waals surface area contributed by atoms with Gasteiger partial charge in [-0.05, 0) is 36.6 Å². The summed E-state index contributed by atoms with van der Waals surface area (Å²) in [6.07, 6.45) is -0.267. The number of Topliss-reactive ketones (excluding diaryl/α,β-unsaturated/α-hetero) is 1. The van der Waals surface area contributed by atoms with Crippen LogP contribution in [0.3, 0.4) is 0 Å². The molecule has 0 aliphatic rings. The number of aryl methyl sites for hydroxylation is 2. The highest BCUT2D eigenvalue weighted by Crippen LogP contribution is 2.28. The summed E-state index contributed by atoms with van der Waals surface area (Å²) in [5.41, 5.74) is 5.46. The van der Waals surface area contributed by atoms with E-state index in [9.17, 15) is 18.0 Å². The molecule has 0 aliphatic heterocycles. The molecule has 2 heterocycles. The van der Waals surface area contributed by atoms with E-state index in [2.05, 4.69) is 10.3 Å². The van der Waals surface area contributed by atoms with Gasteiger partial charge in [0.25, 0.3) is 0 Å². The fourth-order valence-electron chi connectivity index (χ4n) is 3.35. The molecular formula is C22H24F3N3O. The molecule has 1 N–H and O–H groups in total. The maximum Gasteiger partial charge on any atom is 0.390 e. The van der Waals surface area contributed by atoms with Crippen molar-refractivity contribution >= 4 is 17.1 Å². The third-order valence-electron chi connectivity index (χ3n) is 4.94. The smallest absolute Gasteiger partial charge is 0.382 e. The monoisotopic (exact) mass is 403 g/mol. The topological polar surface area (TPSA) is 46.4 Å². The third kappa shape index (κ3) is 4.60. The first kappa shape index (κ1) is 20.9. The predicted molar refractivity (Wildman–Crippen MR) is 109 cm³/mol. The van der Waals surface area contributed by atoms with E-state index in [1.807, 2.05) is 55.6 Å². The van der Waals surface area contributed by atoms with Crippen molar-refractivity contribution in [2.24, 2.45) is 0 Å². The van der Waals surface area contributed by atoms with E-state index in [1.165, 1.54) is 0 Å². The Labute approximate surface area is 167 Å². The van der Waals surface area contributed by atoms with Crippen molar-refractivity contribution in [3.8, 4) is 11.3 Å². The Kier molecular flexibility index (Phi) is 5.96. The van der Waals surface area contributed by atoms with Crippen molar-refractivity contribution < 1.29 is 18.0 Å². The molecular weight excluding hydrogens is 379 g/mol. The average molecular weight is 403 g/mol. The van der Waals surface area contributed by atoms with Crippen molar-refractivity contribution in [1.82, 2.24) is 9.38 Å². The van der Waals surface area contributed by atoms with Crippen molar-refractivity contribution in [3.63, 3.8) is 0 Å². The van der Waals surface area contributed by atoms with Gasteiger partial charge in [0.2, 0.25) is 0 Å². The van der Waals surface area contributed by atoms with Gasteiger partial charge in [0.1, 0.15) is 0 Å². The number of fused-ring (bicyclic) bond motifs is 1. The zero-order valence-electron chi connectivity index (χ0n) is 16.7. The molecule has 0 bridgehead atoms. The van der Waals surface area contributed by atoms with E-state index in [0.29, 0.717) is 23.3 Å². The summed E-state index contributed by atoms with van der Waals surface area (Å²) in [5.74, 6) is 0.0941. The lowest BCUT2D eigenvalue weighted by atomic mass is 9.99. The summed E-state index contributed by atoms with van der Waals surface area (Å²) < 4.78 is 39.4. The maximum absolute atomic E-state index is 12.5. The van der Waals surface area contributed by atoms with Crippen molar-refractivity contribution in [1.29, 1.82) is 0 Å². The number of benzene rings is 1. The molecule has 0 atom stereocenters. The molecule has 29 heavy (non-hydrogen) atoms. The fraction of sp³-hybridized carbons (Fsp3) is 0.364. The van der Waals surface area contributed by atoms with Gasteiger partial charge < -0.3 is 5.32 Å². The first-order valence-corrected chi connectivity index (χ1v) is 9.68. The second-order valence-electron chi connectivity index (χ2n) is 7.05. The fourth-order valence-corrected chi connectivity index (χ4v) is 3.35. The molecule has 7 heteroatoms. The highest BCUT2D eigenvalue weighted by molar-refractivity contribution is 5.97. The van der Waals surface area contributed by atoms with Crippen LogP contribution in [0.4, 0.5) is 18.9 Å². The largest absolute Gasteiger partial charge is 0.390 e. The van der Waals surface area contributed by atoms with Gasteiger partial charge in [0, 0.05) is 30.3 Å². The molecule has 4 nitrogen and oxygen atoms in total. The van der Waals surface area contributed by atoms with Crippen LogP contribution in [0.15, 0.2) is 36.7 Å². The van der Waals surface area contributed by atoms with Gasteiger partial charge in [-0.3, -0.25) is 9.20 Å². The summed E-state index contributed by atoms with van der Waals surface area (Å²) in [6.45, 7) is 5.52. The molecule has 0 radical (unpaired) electrons. The number of anilines is 1. The number of hydrogen-bond donors (Lipinski definition) is 1. The van der Waals surface area contributed by atoms with E-state index >= 15 is 0 Å². The number of nitrogens with zero attached hydrogens (tertiary/aromatic N) is 2. The SMILES string of the molecule is CCC(=O)c1ccc(-c2cnc3c(NCCC(F)(F)F)cc(CC)cn23)cc1C. The molecule has 0 amide bonds. The van der Waals surface area contributed by atoms with Crippen LogP contribution in [0.2, 0.25) is 0 Å². The van der Waals surface area contributed by atoms with Gasteiger partial charge in [0.15, 0.2) is 11.4 Å². The Hall–Kier alpha value is -2.83. The number of alkyl halides is 3. The number of carbonyl (C=O) groups excluding carboxylic acids is 1. The second kappa shape index (κ2) is 8.27. The number of carbonyl (C=O) groups is 1. The standard InChI is InChI=1S/C22H24F3N3O/c1-4-15-11-18(26-9-8-22(23,24)25)21-27-12-19(28(21)13-15)16-6-7-17(14(3)10-16)20(29)5-2/h6-7,10-13,26H,4-5,8-9H2,1-3H3. The van der Waals surface area contributed by atoms with Gasteiger partial charge in [-0.2, -0.15) is 13.2 Å². The van der Waals surface area contributed by atoms with Gasteiger partial charge in [0.05, 0.1) is 24.0 Å². The van der Waals surface area contributed by atoms with Crippen molar-refractivity contribution in [2.45, 2.75) is 46.2 Å². The normalized spacial score (nSPS) is 11.8. The van der Waals surface area contributed by atoms with Gasteiger partial charge >= 0.3 is 6.18 Å². The molecule has 0 saturated carbocycles. The number of nitrogens with one attached hydrogen (secondary N) is 1. The first-order valence-electron chi connectivity index (χ1n) is 9.68. The number of pyridine rings is 1. The molecule has 154 valence electrons. The first-order chi connectivity index (χ1) is 13.7. The zero-order valence-corrected chi connectivity index (χ0v) is 16.7. The predicted octanol–water partition coefficient (Wildman–Crippen LogP) is 5.83. The molecule has 0 fully saturated rings. The number of halogens is 3. The summed E-state index contributed by atoms with van der Waals surface area (Å²) in [7, 11) is 0. The van der Waals surface area contributed by atoms with Gasteiger partial charge in [-0.15, -0.1) is 0 Å². The van der Waals surface area contributed by atoms with E-state index < -0.39 is 12.6 Å². The lowest BCUT2D eigenvalue weighted by Crippen LogP contribution is -2.15. The van der Waals surface area contributed by atoms with Crippen LogP contribution in [0, 0.1) is 6.92 Å². The Balaban J connectivity index is 2.01. The zero-order chi connectivity index (χ0) is 21.2. The quantitative estimate of drug-likeness (QED) is 0.505. The highest BCUT2D eigenvalue weighted by atomic mass is 19.4. The highest BCUT2D eigenvalue weighted by Gasteiger charge is 2.26. The number of ketones is 1. The number of hydrogen-bond acceptors (Lipinski definition) is 3. The Morgan fingerprint density at radius 2 is 1.97 bits per heavy atom. The van der Waals surface area contributed by atoms with E-state index in [0.717, 1.165) is 28.8 Å². The number of rotatable bonds is 7. The van der Waals surface area contributed by atoms with Crippen LogP contribution >= 0.6 is 0 Å². The minimum atomic E-state index is -4.21. The van der Waals surface area contributed by atoms with Crippen molar-refractivity contribution in [2.75, 3.05) is 11.9 Å². The Morgan fingerprint density at radius 3 is 2.59 bits per heavy atom. The summed E-state index contributed by atoms with van der Waals surface area (Å²) in [5, 5.41) is 2.88. The van der Waals surface area contributed by atoms with Crippen LogP contribution in [0.1, 0.15) is 48.2 Å². The lowest BCUT2D eigenvalue weighted by molar-refractivity contribution is -0.131. The lowest BCUT2D eigenvalue weighted by Gasteiger charge is -2.13. The van der Waals surface area contributed by atoms with Crippen LogP contribution < -0.4 is 5.32 Å². The van der Waals surface area contributed by atoms with Gasteiger partial charge in [-0.1, -0.05) is 26.0 Å². The Bertz CT molecular complexity index is 1040. The molecule has 3 rings (SSSR count).